The molecule has 0 fully saturated rings. The average molecular weight is 355 g/mol. The van der Waals surface area contributed by atoms with Crippen LogP contribution in [0.15, 0.2) is 73.3 Å². The molecule has 6 heteroatoms. The number of benzene rings is 1. The van der Waals surface area contributed by atoms with Crippen molar-refractivity contribution < 1.29 is 4.39 Å². The third kappa shape index (κ3) is 2.67. The van der Waals surface area contributed by atoms with E-state index in [0.717, 1.165) is 39.1 Å². The zero-order valence-electron chi connectivity index (χ0n) is 14.1. The van der Waals surface area contributed by atoms with Crippen LogP contribution in [-0.4, -0.2) is 24.9 Å². The molecule has 0 aliphatic carbocycles. The van der Waals surface area contributed by atoms with Crippen LogP contribution in [0.4, 0.5) is 4.39 Å². The van der Waals surface area contributed by atoms with Crippen LogP contribution < -0.4 is 0 Å². The number of hydrogen-bond donors (Lipinski definition) is 2. The van der Waals surface area contributed by atoms with Crippen molar-refractivity contribution in [1.29, 1.82) is 0 Å². The second kappa shape index (κ2) is 6.17. The van der Waals surface area contributed by atoms with Gasteiger partial charge in [0.05, 0.1) is 11.4 Å². The molecule has 0 amide bonds. The summed E-state index contributed by atoms with van der Waals surface area (Å²) in [5.41, 5.74) is 5.26. The number of hydrogen-bond acceptors (Lipinski definition) is 3. The van der Waals surface area contributed by atoms with E-state index in [0.29, 0.717) is 5.82 Å². The molecular weight excluding hydrogens is 341 g/mol. The van der Waals surface area contributed by atoms with Crippen molar-refractivity contribution in [3.8, 4) is 33.9 Å². The Balaban J connectivity index is 1.76. The highest BCUT2D eigenvalue weighted by Crippen LogP contribution is 2.35. The van der Waals surface area contributed by atoms with Crippen molar-refractivity contribution in [2.75, 3.05) is 0 Å². The molecule has 0 radical (unpaired) electrons. The van der Waals surface area contributed by atoms with Crippen molar-refractivity contribution in [1.82, 2.24) is 24.9 Å². The molecule has 4 heterocycles. The molecule has 2 N–H and O–H groups in total. The van der Waals surface area contributed by atoms with Gasteiger partial charge in [0.2, 0.25) is 0 Å². The molecule has 0 saturated heterocycles. The van der Waals surface area contributed by atoms with E-state index in [2.05, 4.69) is 19.9 Å². The molecule has 4 aromatic heterocycles. The van der Waals surface area contributed by atoms with Crippen LogP contribution in [0, 0.1) is 5.82 Å². The highest BCUT2D eigenvalue weighted by Gasteiger charge is 2.17. The predicted molar refractivity (Wildman–Crippen MR) is 102 cm³/mol. The number of fused-ring (bicyclic) bond motifs is 1. The number of pyridine rings is 2. The summed E-state index contributed by atoms with van der Waals surface area (Å²) in [5.74, 6) is 0.403. The van der Waals surface area contributed by atoms with Crippen molar-refractivity contribution in [3.05, 3.63) is 79.1 Å². The molecule has 0 saturated carbocycles. The standard InChI is InChI=1S/C21H14FN5/c22-15-3-1-14(2-4-15)20-26-18(13-5-9-23-10-6-13)19(27-20)16-7-11-24-21-17(16)8-12-25-21/h1-12H,(H,24,25)(H,26,27). The maximum absolute atomic E-state index is 13.3. The van der Waals surface area contributed by atoms with Crippen LogP contribution in [-0.2, 0) is 0 Å². The van der Waals surface area contributed by atoms with Gasteiger partial charge in [-0.3, -0.25) is 4.98 Å². The van der Waals surface area contributed by atoms with E-state index in [9.17, 15) is 4.39 Å². The Morgan fingerprint density at radius 2 is 1.63 bits per heavy atom. The lowest BCUT2D eigenvalue weighted by Gasteiger charge is -2.04. The van der Waals surface area contributed by atoms with E-state index < -0.39 is 0 Å². The normalized spacial score (nSPS) is 11.1. The molecule has 0 bridgehead atoms. The molecule has 1 aromatic carbocycles. The van der Waals surface area contributed by atoms with E-state index in [-0.39, 0.29) is 5.82 Å². The number of aromatic nitrogens is 5. The first-order valence-electron chi connectivity index (χ1n) is 8.48. The first kappa shape index (κ1) is 15.5. The molecule has 0 aliphatic heterocycles. The summed E-state index contributed by atoms with van der Waals surface area (Å²) >= 11 is 0. The molecular formula is C21H14FN5. The first-order chi connectivity index (χ1) is 13.3. The second-order valence-corrected chi connectivity index (χ2v) is 6.15. The smallest absolute Gasteiger partial charge is 0.138 e. The van der Waals surface area contributed by atoms with Gasteiger partial charge in [-0.2, -0.15) is 0 Å². The van der Waals surface area contributed by atoms with Crippen LogP contribution >= 0.6 is 0 Å². The minimum Gasteiger partial charge on any atom is -0.346 e. The molecule has 0 unspecified atom stereocenters. The fraction of sp³-hybridized carbons (Fsp3) is 0. The highest BCUT2D eigenvalue weighted by atomic mass is 19.1. The van der Waals surface area contributed by atoms with Gasteiger partial charge in [-0.05, 0) is 48.5 Å². The maximum Gasteiger partial charge on any atom is 0.138 e. The summed E-state index contributed by atoms with van der Waals surface area (Å²) < 4.78 is 13.3. The fourth-order valence-corrected chi connectivity index (χ4v) is 3.21. The Morgan fingerprint density at radius 1 is 0.815 bits per heavy atom. The van der Waals surface area contributed by atoms with E-state index in [1.165, 1.54) is 12.1 Å². The predicted octanol–water partition coefficient (Wildman–Crippen LogP) is 4.82. The van der Waals surface area contributed by atoms with Gasteiger partial charge in [0.15, 0.2) is 0 Å². The Kier molecular flexibility index (Phi) is 3.53. The summed E-state index contributed by atoms with van der Waals surface area (Å²) in [5, 5.41) is 1.00. The van der Waals surface area contributed by atoms with Crippen molar-refractivity contribution >= 4 is 11.0 Å². The van der Waals surface area contributed by atoms with Crippen LogP contribution in [0.25, 0.3) is 44.9 Å². The summed E-state index contributed by atoms with van der Waals surface area (Å²) in [6, 6.07) is 14.1. The summed E-state index contributed by atoms with van der Waals surface area (Å²) in [6.07, 6.45) is 7.11. The molecule has 130 valence electrons. The lowest BCUT2D eigenvalue weighted by Crippen LogP contribution is -1.86. The van der Waals surface area contributed by atoms with Gasteiger partial charge in [-0.15, -0.1) is 0 Å². The van der Waals surface area contributed by atoms with Crippen LogP contribution in [0.2, 0.25) is 0 Å². The number of H-pyrrole nitrogens is 2. The van der Waals surface area contributed by atoms with Crippen LogP contribution in [0.5, 0.6) is 0 Å². The molecule has 5 aromatic rings. The maximum atomic E-state index is 13.3. The molecule has 5 rings (SSSR count). The molecule has 0 aliphatic rings. The van der Waals surface area contributed by atoms with Gasteiger partial charge in [0, 0.05) is 46.9 Å². The number of nitrogens with one attached hydrogen (secondary N) is 2. The van der Waals surface area contributed by atoms with Gasteiger partial charge >= 0.3 is 0 Å². The number of rotatable bonds is 3. The van der Waals surface area contributed by atoms with Gasteiger partial charge in [0.25, 0.3) is 0 Å². The fourth-order valence-electron chi connectivity index (χ4n) is 3.21. The average Bonchev–Trinajstić information content (AvgIpc) is 3.36. The van der Waals surface area contributed by atoms with E-state index in [1.807, 2.05) is 30.5 Å². The number of imidazole rings is 1. The van der Waals surface area contributed by atoms with Crippen LogP contribution in [0.1, 0.15) is 0 Å². The van der Waals surface area contributed by atoms with Crippen molar-refractivity contribution in [2.45, 2.75) is 0 Å². The SMILES string of the molecule is Fc1ccc(-c2nc(-c3ccncc3)c(-c3ccnc4[nH]ccc34)[nH]2)cc1. The van der Waals surface area contributed by atoms with Gasteiger partial charge in [-0.1, -0.05) is 0 Å². The Labute approximate surface area is 154 Å². The van der Waals surface area contributed by atoms with Crippen LogP contribution in [0.3, 0.4) is 0 Å². The number of nitrogens with zero attached hydrogens (tertiary/aromatic N) is 3. The lowest BCUT2D eigenvalue weighted by atomic mass is 10.0. The minimum absolute atomic E-state index is 0.275. The van der Waals surface area contributed by atoms with E-state index >= 15 is 0 Å². The van der Waals surface area contributed by atoms with Crippen molar-refractivity contribution in [2.24, 2.45) is 0 Å². The Bertz CT molecular complexity index is 1220. The lowest BCUT2D eigenvalue weighted by molar-refractivity contribution is 0.628. The molecule has 27 heavy (non-hydrogen) atoms. The highest BCUT2D eigenvalue weighted by molar-refractivity contribution is 5.96. The monoisotopic (exact) mass is 355 g/mol. The van der Waals surface area contributed by atoms with Gasteiger partial charge in [0.1, 0.15) is 17.3 Å². The second-order valence-electron chi connectivity index (χ2n) is 6.15. The number of aromatic amines is 2. The topological polar surface area (TPSA) is 70.2 Å². The van der Waals surface area contributed by atoms with Gasteiger partial charge < -0.3 is 9.97 Å². The quantitative estimate of drug-likeness (QED) is 0.487. The minimum atomic E-state index is -0.275. The Hall–Kier alpha value is -3.80. The third-order valence-electron chi connectivity index (χ3n) is 4.50. The van der Waals surface area contributed by atoms with Gasteiger partial charge in [-0.25, -0.2) is 14.4 Å². The first-order valence-corrected chi connectivity index (χ1v) is 8.48. The number of halogens is 1. The summed E-state index contributed by atoms with van der Waals surface area (Å²) in [6.45, 7) is 0. The van der Waals surface area contributed by atoms with E-state index in [4.69, 9.17) is 4.98 Å². The zero-order chi connectivity index (χ0) is 18.2. The third-order valence-corrected chi connectivity index (χ3v) is 4.50. The van der Waals surface area contributed by atoms with Crippen molar-refractivity contribution in [3.63, 3.8) is 0 Å². The summed E-state index contributed by atoms with van der Waals surface area (Å²) in [7, 11) is 0. The van der Waals surface area contributed by atoms with E-state index in [1.54, 1.807) is 30.7 Å². The molecule has 5 nitrogen and oxygen atoms in total. The molecule has 0 spiro atoms. The Morgan fingerprint density at radius 3 is 2.44 bits per heavy atom. The largest absolute Gasteiger partial charge is 0.346 e. The zero-order valence-corrected chi connectivity index (χ0v) is 14.1. The molecule has 0 atom stereocenters. The summed E-state index contributed by atoms with van der Waals surface area (Å²) in [4.78, 5) is 19.8.